The van der Waals surface area contributed by atoms with Crippen LogP contribution in [0.4, 0.5) is 0 Å². The van der Waals surface area contributed by atoms with Crippen LogP contribution >= 0.6 is 0 Å². The van der Waals surface area contributed by atoms with Gasteiger partial charge in [0.15, 0.2) is 0 Å². The fraction of sp³-hybridized carbons (Fsp3) is 0.818. The minimum Gasteiger partial charge on any atom is -0.481 e. The third kappa shape index (κ3) is 3.22. The molecular formula is C11H19NO3. The summed E-state index contributed by atoms with van der Waals surface area (Å²) in [6, 6.07) is 0. The number of rotatable bonds is 6. The second-order valence-electron chi connectivity index (χ2n) is 4.32. The van der Waals surface area contributed by atoms with Crippen molar-refractivity contribution in [3.05, 3.63) is 0 Å². The summed E-state index contributed by atoms with van der Waals surface area (Å²) in [5, 5.41) is 11.8. The van der Waals surface area contributed by atoms with Crippen LogP contribution in [0.1, 0.15) is 44.9 Å². The average Bonchev–Trinajstić information content (AvgIpc) is 2.26. The van der Waals surface area contributed by atoms with Gasteiger partial charge in [0, 0.05) is 6.54 Å². The van der Waals surface area contributed by atoms with Crippen LogP contribution < -0.4 is 5.32 Å². The number of aliphatic carboxylic acids is 1. The van der Waals surface area contributed by atoms with Gasteiger partial charge >= 0.3 is 5.97 Å². The van der Waals surface area contributed by atoms with E-state index < -0.39 is 11.4 Å². The minimum absolute atomic E-state index is 0.511. The molecule has 15 heavy (non-hydrogen) atoms. The summed E-state index contributed by atoms with van der Waals surface area (Å²) in [6.45, 7) is 0.582. The zero-order chi connectivity index (χ0) is 11.1. The number of nitrogens with one attached hydrogen (secondary N) is 1. The standard InChI is InChI=1S/C11H19NO3/c13-9-12-8-4-7-11(10(14)15)5-2-1-3-6-11/h9H,1-8H2,(H,12,13)(H,14,15). The van der Waals surface area contributed by atoms with Crippen molar-refractivity contribution < 1.29 is 14.7 Å². The Morgan fingerprint density at radius 3 is 2.53 bits per heavy atom. The molecule has 0 unspecified atom stereocenters. The average molecular weight is 213 g/mol. The Balaban J connectivity index is 2.42. The fourth-order valence-electron chi connectivity index (χ4n) is 2.39. The van der Waals surface area contributed by atoms with Gasteiger partial charge in [0.25, 0.3) is 0 Å². The van der Waals surface area contributed by atoms with Crippen LogP contribution in [0.5, 0.6) is 0 Å². The highest BCUT2D eigenvalue weighted by Gasteiger charge is 2.38. The zero-order valence-electron chi connectivity index (χ0n) is 9.00. The normalized spacial score (nSPS) is 19.5. The van der Waals surface area contributed by atoms with Crippen LogP contribution in [0, 0.1) is 5.41 Å². The Hall–Kier alpha value is -1.06. The molecule has 0 atom stereocenters. The van der Waals surface area contributed by atoms with Gasteiger partial charge < -0.3 is 10.4 Å². The molecule has 0 aromatic carbocycles. The number of hydrogen-bond acceptors (Lipinski definition) is 2. The first kappa shape index (κ1) is 12.0. The number of carboxylic acid groups (broad SMARTS) is 1. The molecule has 1 saturated carbocycles. The molecule has 0 bridgehead atoms. The van der Waals surface area contributed by atoms with E-state index in [1.807, 2.05) is 0 Å². The summed E-state index contributed by atoms with van der Waals surface area (Å²) in [7, 11) is 0. The van der Waals surface area contributed by atoms with Crippen molar-refractivity contribution in [2.75, 3.05) is 6.54 Å². The molecule has 0 radical (unpaired) electrons. The third-order valence-electron chi connectivity index (χ3n) is 3.32. The molecule has 1 aliphatic rings. The zero-order valence-corrected chi connectivity index (χ0v) is 9.00. The van der Waals surface area contributed by atoms with Gasteiger partial charge in [0.2, 0.25) is 6.41 Å². The van der Waals surface area contributed by atoms with Gasteiger partial charge in [-0.3, -0.25) is 9.59 Å². The van der Waals surface area contributed by atoms with Crippen LogP contribution in [0.2, 0.25) is 0 Å². The number of amides is 1. The molecule has 1 aliphatic carbocycles. The Labute approximate surface area is 90.0 Å². The lowest BCUT2D eigenvalue weighted by atomic mass is 9.71. The van der Waals surface area contributed by atoms with Crippen LogP contribution in [0.25, 0.3) is 0 Å². The molecule has 0 spiro atoms. The molecule has 0 aromatic heterocycles. The van der Waals surface area contributed by atoms with E-state index in [2.05, 4.69) is 5.32 Å². The largest absolute Gasteiger partial charge is 0.481 e. The van der Waals surface area contributed by atoms with Gasteiger partial charge in [-0.2, -0.15) is 0 Å². The van der Waals surface area contributed by atoms with E-state index in [1.54, 1.807) is 0 Å². The first-order chi connectivity index (χ1) is 7.21. The summed E-state index contributed by atoms with van der Waals surface area (Å²) in [5.74, 6) is -0.659. The van der Waals surface area contributed by atoms with Gasteiger partial charge in [-0.25, -0.2) is 0 Å². The molecule has 1 rings (SSSR count). The van der Waals surface area contributed by atoms with Crippen LogP contribution in [0.15, 0.2) is 0 Å². The van der Waals surface area contributed by atoms with Crippen molar-refractivity contribution in [2.45, 2.75) is 44.9 Å². The van der Waals surface area contributed by atoms with E-state index >= 15 is 0 Å². The summed E-state index contributed by atoms with van der Waals surface area (Å²) in [6.07, 6.45) is 6.89. The Morgan fingerprint density at radius 2 is 2.00 bits per heavy atom. The van der Waals surface area contributed by atoms with E-state index in [9.17, 15) is 14.7 Å². The second kappa shape index (κ2) is 5.73. The molecule has 4 nitrogen and oxygen atoms in total. The highest BCUT2D eigenvalue weighted by molar-refractivity contribution is 5.74. The van der Waals surface area contributed by atoms with Gasteiger partial charge in [-0.1, -0.05) is 19.3 Å². The van der Waals surface area contributed by atoms with Crippen molar-refractivity contribution in [3.8, 4) is 0 Å². The van der Waals surface area contributed by atoms with Gasteiger partial charge in [0.1, 0.15) is 0 Å². The van der Waals surface area contributed by atoms with Crippen LogP contribution in [-0.2, 0) is 9.59 Å². The van der Waals surface area contributed by atoms with Crippen LogP contribution in [0.3, 0.4) is 0 Å². The molecule has 1 amide bonds. The van der Waals surface area contributed by atoms with Crippen molar-refractivity contribution in [2.24, 2.45) is 5.41 Å². The van der Waals surface area contributed by atoms with Crippen molar-refractivity contribution in [1.82, 2.24) is 5.32 Å². The molecule has 1 fully saturated rings. The van der Waals surface area contributed by atoms with Crippen LogP contribution in [-0.4, -0.2) is 24.0 Å². The maximum Gasteiger partial charge on any atom is 0.309 e. The lowest BCUT2D eigenvalue weighted by Gasteiger charge is -2.33. The fourth-order valence-corrected chi connectivity index (χ4v) is 2.39. The Bertz CT molecular complexity index is 222. The first-order valence-corrected chi connectivity index (χ1v) is 5.62. The first-order valence-electron chi connectivity index (χ1n) is 5.62. The second-order valence-corrected chi connectivity index (χ2v) is 4.32. The highest BCUT2D eigenvalue weighted by atomic mass is 16.4. The monoisotopic (exact) mass is 213 g/mol. The predicted octanol–water partition coefficient (Wildman–Crippen LogP) is 1.55. The summed E-state index contributed by atoms with van der Waals surface area (Å²) >= 11 is 0. The van der Waals surface area contributed by atoms with E-state index in [0.29, 0.717) is 19.4 Å². The van der Waals surface area contributed by atoms with Gasteiger partial charge in [-0.05, 0) is 25.7 Å². The highest BCUT2D eigenvalue weighted by Crippen LogP contribution is 2.40. The van der Waals surface area contributed by atoms with Crippen molar-refractivity contribution in [1.29, 1.82) is 0 Å². The molecule has 0 aromatic rings. The molecule has 0 aliphatic heterocycles. The van der Waals surface area contributed by atoms with E-state index in [4.69, 9.17) is 0 Å². The van der Waals surface area contributed by atoms with E-state index in [-0.39, 0.29) is 0 Å². The maximum absolute atomic E-state index is 11.3. The lowest BCUT2D eigenvalue weighted by molar-refractivity contribution is -0.151. The van der Waals surface area contributed by atoms with E-state index in [1.165, 1.54) is 0 Å². The molecule has 2 N–H and O–H groups in total. The maximum atomic E-state index is 11.3. The number of carbonyl (C=O) groups is 2. The topological polar surface area (TPSA) is 66.4 Å². The minimum atomic E-state index is -0.659. The molecule has 0 heterocycles. The lowest BCUT2D eigenvalue weighted by Crippen LogP contribution is -2.34. The van der Waals surface area contributed by atoms with Gasteiger partial charge in [0.05, 0.1) is 5.41 Å². The Morgan fingerprint density at radius 1 is 1.33 bits per heavy atom. The number of carboxylic acids is 1. The molecule has 0 saturated heterocycles. The SMILES string of the molecule is O=CNCCCC1(C(=O)O)CCCCC1. The van der Waals surface area contributed by atoms with Gasteiger partial charge in [-0.15, -0.1) is 0 Å². The predicted molar refractivity (Wildman–Crippen MR) is 56.5 cm³/mol. The quantitative estimate of drug-likeness (QED) is 0.519. The summed E-state index contributed by atoms with van der Waals surface area (Å²) in [4.78, 5) is 21.3. The molecular weight excluding hydrogens is 194 g/mol. The number of carbonyl (C=O) groups excluding carboxylic acids is 1. The molecule has 86 valence electrons. The smallest absolute Gasteiger partial charge is 0.309 e. The van der Waals surface area contributed by atoms with Crippen molar-refractivity contribution in [3.63, 3.8) is 0 Å². The van der Waals surface area contributed by atoms with Crippen molar-refractivity contribution >= 4 is 12.4 Å². The van der Waals surface area contributed by atoms with E-state index in [0.717, 1.165) is 38.5 Å². The molecule has 4 heteroatoms. The summed E-state index contributed by atoms with van der Waals surface area (Å²) < 4.78 is 0. The Kier molecular flexibility index (Phi) is 4.59. The summed E-state index contributed by atoms with van der Waals surface area (Å²) in [5.41, 5.74) is -0.511. The third-order valence-corrected chi connectivity index (χ3v) is 3.32. The number of hydrogen-bond donors (Lipinski definition) is 2.